The van der Waals surface area contributed by atoms with Gasteiger partial charge >= 0.3 is 0 Å². The van der Waals surface area contributed by atoms with Gasteiger partial charge in [0.25, 0.3) is 5.91 Å². The quantitative estimate of drug-likeness (QED) is 0.257. The molecule has 0 unspecified atom stereocenters. The molecule has 192 valence electrons. The average Bonchev–Trinajstić information content (AvgIpc) is 3.52. The van der Waals surface area contributed by atoms with Gasteiger partial charge in [-0.25, -0.2) is 4.99 Å². The highest BCUT2D eigenvalue weighted by Gasteiger charge is 2.33. The van der Waals surface area contributed by atoms with Crippen LogP contribution >= 0.6 is 22.9 Å². The van der Waals surface area contributed by atoms with Crippen molar-refractivity contribution >= 4 is 45.7 Å². The third-order valence-electron chi connectivity index (χ3n) is 7.05. The van der Waals surface area contributed by atoms with Gasteiger partial charge in [-0.15, -0.1) is 11.3 Å². The van der Waals surface area contributed by atoms with Crippen LogP contribution in [0, 0.1) is 22.7 Å². The fourth-order valence-electron chi connectivity index (χ4n) is 4.85. The van der Waals surface area contributed by atoms with Crippen molar-refractivity contribution in [2.45, 2.75) is 40.0 Å². The van der Waals surface area contributed by atoms with Gasteiger partial charge in [0.05, 0.1) is 23.4 Å². The number of fused-ring (bicyclic) bond motifs is 1. The van der Waals surface area contributed by atoms with E-state index in [0.29, 0.717) is 44.3 Å². The summed E-state index contributed by atoms with van der Waals surface area (Å²) in [4.78, 5) is 19.5. The number of furan rings is 1. The monoisotopic (exact) mass is 541 g/mol. The Hall–Kier alpha value is -3.66. The van der Waals surface area contributed by atoms with Crippen LogP contribution in [0.4, 0.5) is 10.7 Å². The van der Waals surface area contributed by atoms with Gasteiger partial charge in [-0.1, -0.05) is 44.5 Å². The van der Waals surface area contributed by atoms with Gasteiger partial charge < -0.3 is 9.73 Å². The number of hydrogen-bond acceptors (Lipinski definition) is 5. The number of nitrogens with zero attached hydrogens (tertiary/aromatic N) is 2. The molecule has 7 heteroatoms. The molecule has 2 aromatic carbocycles. The molecule has 0 saturated carbocycles. The highest BCUT2D eigenvalue weighted by molar-refractivity contribution is 7.16. The van der Waals surface area contributed by atoms with E-state index in [1.165, 1.54) is 4.88 Å². The van der Waals surface area contributed by atoms with Crippen LogP contribution in [0.3, 0.4) is 0 Å². The number of halogens is 1. The number of nitrogens with one attached hydrogen (secondary N) is 1. The Morgan fingerprint density at radius 2 is 1.92 bits per heavy atom. The van der Waals surface area contributed by atoms with Crippen LogP contribution in [-0.2, 0) is 12.8 Å². The lowest BCUT2D eigenvalue weighted by atomic mass is 9.72. The molecular formula is C31H28ClN3O2S. The van der Waals surface area contributed by atoms with Crippen molar-refractivity contribution in [1.29, 1.82) is 5.26 Å². The van der Waals surface area contributed by atoms with Gasteiger partial charge in [-0.3, -0.25) is 4.79 Å². The van der Waals surface area contributed by atoms with Crippen molar-refractivity contribution in [2.24, 2.45) is 16.3 Å². The molecule has 1 aliphatic rings. The van der Waals surface area contributed by atoms with Crippen LogP contribution in [-0.4, -0.2) is 12.1 Å². The smallest absolute Gasteiger partial charge is 0.259 e. The third-order valence-corrected chi connectivity index (χ3v) is 8.46. The molecule has 1 N–H and O–H groups in total. The van der Waals surface area contributed by atoms with Crippen LogP contribution in [0.1, 0.15) is 59.3 Å². The van der Waals surface area contributed by atoms with E-state index in [9.17, 15) is 10.1 Å². The summed E-state index contributed by atoms with van der Waals surface area (Å²) in [5, 5.41) is 13.7. The van der Waals surface area contributed by atoms with Crippen molar-refractivity contribution in [1.82, 2.24) is 0 Å². The predicted octanol–water partition coefficient (Wildman–Crippen LogP) is 8.69. The maximum atomic E-state index is 13.5. The minimum absolute atomic E-state index is 0.172. The SMILES string of the molecule is CC(C)(C)[C@H]1CCc2c(sc(N=Cc3ccc(-c4ccccc4C#N)o3)c2C(=O)Nc2ccc(Cl)cc2)C1. The summed E-state index contributed by atoms with van der Waals surface area (Å²) >= 11 is 7.61. The lowest BCUT2D eigenvalue weighted by Gasteiger charge is -2.33. The number of aliphatic imine (C=N–C) groups is 1. The first-order chi connectivity index (χ1) is 18.2. The number of amides is 1. The van der Waals surface area contributed by atoms with Crippen molar-refractivity contribution in [3.05, 3.63) is 93.0 Å². The van der Waals surface area contributed by atoms with E-state index in [0.717, 1.165) is 30.4 Å². The minimum atomic E-state index is -0.172. The molecule has 0 radical (unpaired) electrons. The molecule has 1 atom stereocenters. The van der Waals surface area contributed by atoms with Crippen LogP contribution in [0.25, 0.3) is 11.3 Å². The van der Waals surface area contributed by atoms with Gasteiger partial charge in [0.2, 0.25) is 0 Å². The van der Waals surface area contributed by atoms with E-state index < -0.39 is 0 Å². The van der Waals surface area contributed by atoms with E-state index in [-0.39, 0.29) is 11.3 Å². The van der Waals surface area contributed by atoms with Crippen molar-refractivity contribution in [3.8, 4) is 17.4 Å². The van der Waals surface area contributed by atoms with Crippen LogP contribution in [0.2, 0.25) is 5.02 Å². The zero-order valence-electron chi connectivity index (χ0n) is 21.5. The number of nitriles is 1. The normalized spacial score (nSPS) is 15.3. The Morgan fingerprint density at radius 1 is 1.16 bits per heavy atom. The summed E-state index contributed by atoms with van der Waals surface area (Å²) in [6, 6.07) is 20.3. The topological polar surface area (TPSA) is 78.4 Å². The van der Waals surface area contributed by atoms with E-state index >= 15 is 0 Å². The van der Waals surface area contributed by atoms with Crippen LogP contribution < -0.4 is 5.32 Å². The second-order valence-electron chi connectivity index (χ2n) is 10.6. The predicted molar refractivity (Wildman–Crippen MR) is 155 cm³/mol. The van der Waals surface area contributed by atoms with Crippen LogP contribution in [0.15, 0.2) is 70.1 Å². The number of benzene rings is 2. The molecule has 0 aliphatic heterocycles. The second kappa shape index (κ2) is 10.6. The first-order valence-electron chi connectivity index (χ1n) is 12.6. The van der Waals surface area contributed by atoms with Gasteiger partial charge in [-0.2, -0.15) is 5.26 Å². The molecule has 0 saturated heterocycles. The van der Waals surface area contributed by atoms with Gasteiger partial charge in [0, 0.05) is 21.2 Å². The van der Waals surface area contributed by atoms with Crippen molar-refractivity contribution in [3.63, 3.8) is 0 Å². The summed E-state index contributed by atoms with van der Waals surface area (Å²) < 4.78 is 6.00. The summed E-state index contributed by atoms with van der Waals surface area (Å²) in [6.45, 7) is 6.84. The number of anilines is 1. The highest BCUT2D eigenvalue weighted by atomic mass is 35.5. The molecule has 0 bridgehead atoms. The number of thiophene rings is 1. The first-order valence-corrected chi connectivity index (χ1v) is 13.8. The molecule has 0 spiro atoms. The molecule has 5 nitrogen and oxygen atoms in total. The number of carbonyl (C=O) groups is 1. The molecule has 1 aliphatic carbocycles. The molecular weight excluding hydrogens is 514 g/mol. The van der Waals surface area contributed by atoms with E-state index in [4.69, 9.17) is 21.0 Å². The molecule has 1 amide bonds. The first kappa shape index (κ1) is 26.0. The van der Waals surface area contributed by atoms with Crippen molar-refractivity contribution < 1.29 is 9.21 Å². The zero-order valence-corrected chi connectivity index (χ0v) is 23.1. The maximum Gasteiger partial charge on any atom is 0.259 e. The Kier molecular flexibility index (Phi) is 7.25. The Labute approximate surface area is 231 Å². The van der Waals surface area contributed by atoms with E-state index in [2.05, 4.69) is 32.2 Å². The number of rotatable bonds is 5. The maximum absolute atomic E-state index is 13.5. The molecule has 5 rings (SSSR count). The standard InChI is InChI=1S/C31H28ClN3O2S/c1-31(2,3)20-8-14-25-27(16-20)38-30(28(25)29(36)35-22-11-9-21(32)10-12-22)34-18-23-13-15-26(37-23)24-7-5-4-6-19(24)17-33/h4-7,9-13,15,18,20H,8,14,16H2,1-3H3,(H,35,36)/t20-/m0/s1. The third kappa shape index (κ3) is 5.45. The Bertz CT molecular complexity index is 1550. The summed E-state index contributed by atoms with van der Waals surface area (Å²) in [6.07, 6.45) is 4.48. The lowest BCUT2D eigenvalue weighted by Crippen LogP contribution is -2.27. The fraction of sp³-hybridized carbons (Fsp3) is 0.258. The van der Waals surface area contributed by atoms with Crippen LogP contribution in [0.5, 0.6) is 0 Å². The van der Waals surface area contributed by atoms with E-state index in [1.807, 2.05) is 30.3 Å². The summed E-state index contributed by atoms with van der Waals surface area (Å²) in [5.41, 5.74) is 3.89. The Morgan fingerprint density at radius 3 is 2.66 bits per heavy atom. The second-order valence-corrected chi connectivity index (χ2v) is 12.1. The van der Waals surface area contributed by atoms with Gasteiger partial charge in [0.15, 0.2) is 0 Å². The largest absolute Gasteiger partial charge is 0.455 e. The van der Waals surface area contributed by atoms with E-state index in [1.54, 1.807) is 47.9 Å². The van der Waals surface area contributed by atoms with Gasteiger partial charge in [-0.05, 0) is 84.7 Å². The van der Waals surface area contributed by atoms with Crippen molar-refractivity contribution in [2.75, 3.05) is 5.32 Å². The highest BCUT2D eigenvalue weighted by Crippen LogP contribution is 2.45. The van der Waals surface area contributed by atoms with Gasteiger partial charge in [0.1, 0.15) is 16.5 Å². The number of carbonyl (C=O) groups excluding carboxylic acids is 1. The fourth-order valence-corrected chi connectivity index (χ4v) is 6.24. The molecule has 2 heterocycles. The Balaban J connectivity index is 1.48. The summed E-state index contributed by atoms with van der Waals surface area (Å²) in [5.74, 6) is 1.53. The summed E-state index contributed by atoms with van der Waals surface area (Å²) in [7, 11) is 0. The molecule has 4 aromatic rings. The molecule has 38 heavy (non-hydrogen) atoms. The number of hydrogen-bond donors (Lipinski definition) is 1. The minimum Gasteiger partial charge on any atom is -0.455 e. The zero-order chi connectivity index (χ0) is 26.9. The average molecular weight is 542 g/mol. The molecule has 2 aromatic heterocycles. The lowest BCUT2D eigenvalue weighted by molar-refractivity contribution is 0.102. The molecule has 0 fully saturated rings.